The third-order valence-corrected chi connectivity index (χ3v) is 19.9. The van der Waals surface area contributed by atoms with Crippen LogP contribution in [0.25, 0.3) is 0 Å². The van der Waals surface area contributed by atoms with Gasteiger partial charge in [-0.05, 0) is 181 Å². The Hall–Kier alpha value is -12.5. The molecule has 0 atom stereocenters. The Morgan fingerprint density at radius 3 is 0.470 bits per heavy atom. The van der Waals surface area contributed by atoms with E-state index in [1.54, 1.807) is 121 Å². The van der Waals surface area contributed by atoms with E-state index in [9.17, 15) is 49.5 Å². The summed E-state index contributed by atoms with van der Waals surface area (Å²) in [7, 11) is 0. The molecule has 0 heterocycles. The summed E-state index contributed by atoms with van der Waals surface area (Å²) in [6.07, 6.45) is 8.88. The van der Waals surface area contributed by atoms with Gasteiger partial charge in [-0.3, -0.25) is 0 Å². The van der Waals surface area contributed by atoms with Gasteiger partial charge in [0.15, 0.2) is 0 Å². The molecule has 0 aromatic heterocycles. The molecule has 0 aliphatic heterocycles. The van der Waals surface area contributed by atoms with Gasteiger partial charge < -0.3 is 72.9 Å². The van der Waals surface area contributed by atoms with Gasteiger partial charge in [0.25, 0.3) is 0 Å². The molecule has 600 valence electrons. The Balaban J connectivity index is 1.21. The van der Waals surface area contributed by atoms with E-state index in [0.717, 1.165) is 92.0 Å². The third kappa shape index (κ3) is 23.4. The van der Waals surface area contributed by atoms with Crippen LogP contribution in [-0.4, -0.2) is 88.4 Å². The number of rotatable bonds is 40. The van der Waals surface area contributed by atoms with Gasteiger partial charge in [0.1, 0.15) is 90.5 Å². The minimum Gasteiger partial charge on any atom is -0.493 e. The molecule has 10 aliphatic rings. The Kier molecular flexibility index (Phi) is 30.0. The monoisotopic (exact) mass is 1560 g/mol. The lowest BCUT2D eigenvalue weighted by molar-refractivity contribution is 0.0686. The van der Waals surface area contributed by atoms with Crippen molar-refractivity contribution < 1.29 is 96.9 Å². The summed E-state index contributed by atoms with van der Waals surface area (Å²) in [5.74, 6) is -0.0744. The normalized spacial score (nSPS) is 11.7. The second-order valence-corrected chi connectivity index (χ2v) is 28.7. The minimum atomic E-state index is -1.06. The predicted molar refractivity (Wildman–Crippen MR) is 437 cm³/mol. The van der Waals surface area contributed by atoms with Crippen molar-refractivity contribution in [2.24, 2.45) is 0 Å². The van der Waals surface area contributed by atoms with E-state index in [2.05, 4.69) is 34.6 Å². The van der Waals surface area contributed by atoms with Crippen LogP contribution < -0.4 is 47.4 Å². The number of unbranched alkanes of at least 4 members (excludes halogenated alkanes) is 5. The molecule has 20 heteroatoms. The van der Waals surface area contributed by atoms with Crippen molar-refractivity contribution in [3.05, 3.63) is 293 Å². The lowest BCUT2D eigenvalue weighted by Crippen LogP contribution is -2.09. The zero-order chi connectivity index (χ0) is 81.2. The summed E-state index contributed by atoms with van der Waals surface area (Å²) >= 11 is 0. The Labute approximate surface area is 671 Å². The highest BCUT2D eigenvalue weighted by atomic mass is 16.5. The molecule has 0 saturated heterocycles. The van der Waals surface area contributed by atoms with Crippen LogP contribution in [0.3, 0.4) is 0 Å². The first-order valence-corrected chi connectivity index (χ1v) is 39.5. The maximum Gasteiger partial charge on any atom is 0.335 e. The molecule has 0 spiro atoms. The smallest absolute Gasteiger partial charge is 0.335 e. The summed E-state index contributed by atoms with van der Waals surface area (Å²) in [5.41, 5.74) is 11.4. The fourth-order valence-corrected chi connectivity index (χ4v) is 13.1. The molecule has 10 aromatic rings. The van der Waals surface area contributed by atoms with Crippen LogP contribution in [0.5, 0.6) is 57.5 Å². The summed E-state index contributed by atoms with van der Waals surface area (Å²) in [4.78, 5) is 60.8. The lowest BCUT2D eigenvalue weighted by atomic mass is 9.94. The fraction of sp³-hybridized carbons (Fsp3) is 0.316. The maximum absolute atomic E-state index is 12.2. The second-order valence-electron chi connectivity index (χ2n) is 28.7. The molecule has 0 radical (unpaired) electrons. The van der Waals surface area contributed by atoms with Crippen LogP contribution in [0.2, 0.25) is 0 Å². The summed E-state index contributed by atoms with van der Waals surface area (Å²) in [6, 6.07) is 52.7. The van der Waals surface area contributed by atoms with Crippen molar-refractivity contribution in [2.45, 2.75) is 164 Å². The number of carbonyl (C=O) groups is 5. The first-order valence-electron chi connectivity index (χ1n) is 39.5. The van der Waals surface area contributed by atoms with Gasteiger partial charge in [0.05, 0.1) is 60.9 Å². The van der Waals surface area contributed by atoms with Gasteiger partial charge >= 0.3 is 29.8 Å². The zero-order valence-corrected chi connectivity index (χ0v) is 65.9. The Morgan fingerprint density at radius 1 is 0.217 bits per heavy atom. The third-order valence-electron chi connectivity index (χ3n) is 19.9. The van der Waals surface area contributed by atoms with Gasteiger partial charge in [-0.1, -0.05) is 127 Å². The number of hydrogen-bond acceptors (Lipinski definition) is 15. The standard InChI is InChI=1S/C95H100O20/c1-6-11-36-106-81-46-76-42-72-52-88(113-58-63-20-30-68(31-21-63)93(100)101)78(48-83(72)108-38-13-8-3)44-74-54-90(115-60-65-24-34-70(35-25-65)95(104)105)80(50-85(74)110-40-15-10-5)45-75-55-89(114-59-64-22-32-69(33-23-64)94(102)103)79(49-84(75)109-39-14-9-4)43-73-53-87(112-57-62-18-28-67(29-19-62)92(98)99)77(47-82(73)107-37-12-7-2)41-71(81)51-86(76)111-56-61-16-26-66(27-17-61)91(96)97/h16-35,46-55H,6-15,36-45,56-60H2,1-5H3,(H,96,97)(H,98,99)(H,100,101)(H,102,103)(H,104,105). The number of aromatic carboxylic acids is 5. The number of ether oxygens (including phenoxy) is 10. The molecule has 0 unspecified atom stereocenters. The van der Waals surface area contributed by atoms with Crippen LogP contribution in [0, 0.1) is 0 Å². The highest BCUT2D eigenvalue weighted by Crippen LogP contribution is 2.44. The molecule has 10 aromatic carbocycles. The molecule has 20 nitrogen and oxygen atoms in total. The maximum atomic E-state index is 12.2. The van der Waals surface area contributed by atoms with E-state index < -0.39 is 29.8 Å². The number of carboxylic acid groups (broad SMARTS) is 5. The largest absolute Gasteiger partial charge is 0.493 e. The first-order chi connectivity index (χ1) is 55.8. The average molecular weight is 1560 g/mol. The topological polar surface area (TPSA) is 279 Å². The number of benzene rings is 10. The predicted octanol–water partition coefficient (Wildman–Crippen LogP) is 20.2. The van der Waals surface area contributed by atoms with Gasteiger partial charge in [-0.15, -0.1) is 0 Å². The van der Waals surface area contributed by atoms with Gasteiger partial charge in [0.2, 0.25) is 0 Å². The second kappa shape index (κ2) is 41.4. The zero-order valence-electron chi connectivity index (χ0n) is 65.9. The minimum absolute atomic E-state index is 0.0363. The van der Waals surface area contributed by atoms with Crippen molar-refractivity contribution in [3.63, 3.8) is 0 Å². The van der Waals surface area contributed by atoms with Crippen molar-refractivity contribution >= 4 is 29.8 Å². The summed E-state index contributed by atoms with van der Waals surface area (Å²) in [5, 5.41) is 49.7. The lowest BCUT2D eigenvalue weighted by Gasteiger charge is -2.22. The highest BCUT2D eigenvalue weighted by Gasteiger charge is 2.27. The average Bonchev–Trinajstić information content (AvgIpc) is 1.39. The Bertz CT molecular complexity index is 4250. The first kappa shape index (κ1) is 83.5. The summed E-state index contributed by atoms with van der Waals surface area (Å²) < 4.78 is 70.0. The quantitative estimate of drug-likeness (QED) is 0.0223. The van der Waals surface area contributed by atoms with Crippen molar-refractivity contribution in [2.75, 3.05) is 33.0 Å². The molecule has 0 saturated carbocycles. The Morgan fingerprint density at radius 2 is 0.348 bits per heavy atom. The van der Waals surface area contributed by atoms with E-state index >= 15 is 0 Å². The molecular weight excluding hydrogens is 1460 g/mol. The highest BCUT2D eigenvalue weighted by molar-refractivity contribution is 5.89. The molecule has 20 rings (SSSR count). The van der Waals surface area contributed by atoms with E-state index in [-0.39, 0.29) is 93.0 Å². The molecule has 10 aliphatic carbocycles. The van der Waals surface area contributed by atoms with E-state index in [0.29, 0.717) is 146 Å². The molecule has 115 heavy (non-hydrogen) atoms. The van der Waals surface area contributed by atoms with Crippen molar-refractivity contribution in [1.82, 2.24) is 0 Å². The van der Waals surface area contributed by atoms with Crippen LogP contribution in [0.15, 0.2) is 182 Å². The van der Waals surface area contributed by atoms with Crippen LogP contribution in [-0.2, 0) is 65.1 Å². The van der Waals surface area contributed by atoms with Gasteiger partial charge in [-0.2, -0.15) is 0 Å². The van der Waals surface area contributed by atoms with Crippen LogP contribution in [0.1, 0.15) is 234 Å². The SMILES string of the molecule is CCCCOc1cc2c(OCc3ccc(C(=O)O)cc3)cc1Cc1cc(OCCCC)c(cc1OCc1ccc(C(=O)O)cc1)Cc1cc(OCCCC)c(cc1OCc1ccc(C(=O)O)cc1)Cc1cc(OCCCC)c(cc1OCc1ccc(C(=O)O)cc1)Cc1cc(OCCCC)c(cc1OCc1ccc(C(=O)O)cc1)C2. The molecule has 0 amide bonds. The molecule has 0 fully saturated rings. The van der Waals surface area contributed by atoms with Gasteiger partial charge in [0, 0.05) is 87.7 Å². The van der Waals surface area contributed by atoms with Crippen molar-refractivity contribution in [1.29, 1.82) is 0 Å². The molecule has 10 bridgehead atoms. The van der Waals surface area contributed by atoms with E-state index in [1.807, 2.05) is 60.7 Å². The van der Waals surface area contributed by atoms with Crippen molar-refractivity contribution in [3.8, 4) is 57.5 Å². The van der Waals surface area contributed by atoms with Crippen LogP contribution >= 0.6 is 0 Å². The fourth-order valence-electron chi connectivity index (χ4n) is 13.1. The molecule has 5 N–H and O–H groups in total. The molecular formula is C95H100O20. The summed E-state index contributed by atoms with van der Waals surface area (Å²) in [6.45, 7) is 12.5. The number of hydrogen-bond donors (Lipinski definition) is 5. The number of carboxylic acids is 5. The van der Waals surface area contributed by atoms with Crippen LogP contribution in [0.4, 0.5) is 0 Å². The van der Waals surface area contributed by atoms with E-state index in [4.69, 9.17) is 47.4 Å². The van der Waals surface area contributed by atoms with E-state index in [1.165, 1.54) is 0 Å². The van der Waals surface area contributed by atoms with Gasteiger partial charge in [-0.25, -0.2) is 24.0 Å².